The van der Waals surface area contributed by atoms with Crippen molar-refractivity contribution in [3.05, 3.63) is 0 Å². The first-order valence-corrected chi connectivity index (χ1v) is 7.29. The Labute approximate surface area is 108 Å². The van der Waals surface area contributed by atoms with Crippen molar-refractivity contribution >= 4 is 0 Å². The highest BCUT2D eigenvalue weighted by Gasteiger charge is 2.34. The molecule has 1 N–H and O–H groups in total. The summed E-state index contributed by atoms with van der Waals surface area (Å²) < 4.78 is 0. The van der Waals surface area contributed by atoms with E-state index in [-0.39, 0.29) is 0 Å². The first kappa shape index (κ1) is 15.0. The number of nitrogens with one attached hydrogen (secondary N) is 1. The zero-order chi connectivity index (χ0) is 12.9. The van der Waals surface area contributed by atoms with Crippen LogP contribution in [0, 0.1) is 17.3 Å². The zero-order valence-electron chi connectivity index (χ0n) is 12.6. The molecule has 1 fully saturated rings. The average molecular weight is 240 g/mol. The van der Waals surface area contributed by atoms with E-state index in [4.69, 9.17) is 0 Å². The Hall–Kier alpha value is -0.0800. The third kappa shape index (κ3) is 5.39. The monoisotopic (exact) mass is 240 g/mol. The van der Waals surface area contributed by atoms with E-state index in [0.29, 0.717) is 5.41 Å². The summed E-state index contributed by atoms with van der Waals surface area (Å²) in [5.41, 5.74) is 0.533. The maximum absolute atomic E-state index is 3.69. The normalized spacial score (nSPS) is 30.2. The largest absolute Gasteiger partial charge is 0.316 e. The summed E-state index contributed by atoms with van der Waals surface area (Å²) in [7, 11) is 4.42. The maximum atomic E-state index is 3.69. The Morgan fingerprint density at radius 3 is 2.29 bits per heavy atom. The van der Waals surface area contributed by atoms with E-state index in [0.717, 1.165) is 18.4 Å². The van der Waals surface area contributed by atoms with Crippen LogP contribution in [0.25, 0.3) is 0 Å². The number of hydrogen-bond acceptors (Lipinski definition) is 2. The van der Waals surface area contributed by atoms with Gasteiger partial charge in [-0.2, -0.15) is 0 Å². The Morgan fingerprint density at radius 1 is 1.24 bits per heavy atom. The summed E-state index contributed by atoms with van der Waals surface area (Å²) in [6, 6.07) is 0. The molecule has 1 saturated carbocycles. The first-order chi connectivity index (χ1) is 7.93. The van der Waals surface area contributed by atoms with Gasteiger partial charge in [0.2, 0.25) is 0 Å². The van der Waals surface area contributed by atoms with E-state index in [2.05, 4.69) is 45.1 Å². The van der Waals surface area contributed by atoms with Crippen LogP contribution < -0.4 is 5.32 Å². The lowest BCUT2D eigenvalue weighted by molar-refractivity contribution is 0.109. The Kier molecular flexibility index (Phi) is 5.94. The van der Waals surface area contributed by atoms with Crippen molar-refractivity contribution in [2.75, 3.05) is 33.7 Å². The van der Waals surface area contributed by atoms with Gasteiger partial charge < -0.3 is 10.2 Å². The molecular formula is C15H32N2. The second kappa shape index (κ2) is 6.75. The zero-order valence-corrected chi connectivity index (χ0v) is 12.6. The van der Waals surface area contributed by atoms with E-state index in [1.807, 2.05) is 0 Å². The van der Waals surface area contributed by atoms with Gasteiger partial charge in [0.05, 0.1) is 0 Å². The summed E-state index contributed by atoms with van der Waals surface area (Å²) >= 11 is 0. The predicted octanol–water partition coefficient (Wildman–Crippen LogP) is 2.99. The van der Waals surface area contributed by atoms with Gasteiger partial charge in [0.15, 0.2) is 0 Å². The standard InChI is InChI=1S/C15H32N2/c1-13(2)10-16-11-15(12-17(4)5)8-6-14(3)7-9-15/h13-14,16H,6-12H2,1-5H3. The van der Waals surface area contributed by atoms with Crippen LogP contribution in [0.5, 0.6) is 0 Å². The minimum atomic E-state index is 0.533. The molecule has 1 rings (SSSR count). The average Bonchev–Trinajstić information content (AvgIpc) is 2.21. The van der Waals surface area contributed by atoms with Crippen LogP contribution in [-0.4, -0.2) is 38.6 Å². The molecule has 0 bridgehead atoms. The minimum Gasteiger partial charge on any atom is -0.316 e. The fraction of sp³-hybridized carbons (Fsp3) is 1.00. The van der Waals surface area contributed by atoms with E-state index in [1.54, 1.807) is 0 Å². The lowest BCUT2D eigenvalue weighted by Crippen LogP contribution is -2.45. The van der Waals surface area contributed by atoms with Crippen molar-refractivity contribution in [1.29, 1.82) is 0 Å². The molecule has 2 nitrogen and oxygen atoms in total. The summed E-state index contributed by atoms with van der Waals surface area (Å²) in [5, 5.41) is 3.69. The molecule has 0 unspecified atom stereocenters. The van der Waals surface area contributed by atoms with E-state index >= 15 is 0 Å². The highest BCUT2D eigenvalue weighted by Crippen LogP contribution is 2.38. The topological polar surface area (TPSA) is 15.3 Å². The first-order valence-electron chi connectivity index (χ1n) is 7.29. The molecule has 0 aromatic heterocycles. The predicted molar refractivity (Wildman–Crippen MR) is 76.3 cm³/mol. The van der Waals surface area contributed by atoms with Crippen LogP contribution in [0.1, 0.15) is 46.5 Å². The van der Waals surface area contributed by atoms with Crippen molar-refractivity contribution in [2.24, 2.45) is 17.3 Å². The lowest BCUT2D eigenvalue weighted by Gasteiger charge is -2.41. The molecular weight excluding hydrogens is 208 g/mol. The molecule has 1 aliphatic rings. The van der Waals surface area contributed by atoms with Crippen LogP contribution in [0.2, 0.25) is 0 Å². The van der Waals surface area contributed by atoms with Crippen LogP contribution in [0.15, 0.2) is 0 Å². The molecule has 0 saturated heterocycles. The second-order valence-electron chi connectivity index (χ2n) is 6.95. The van der Waals surface area contributed by atoms with Gasteiger partial charge in [-0.1, -0.05) is 33.6 Å². The molecule has 17 heavy (non-hydrogen) atoms. The number of hydrogen-bond donors (Lipinski definition) is 1. The Morgan fingerprint density at radius 2 is 1.82 bits per heavy atom. The third-order valence-electron chi connectivity index (χ3n) is 4.04. The van der Waals surface area contributed by atoms with E-state index in [1.165, 1.54) is 38.8 Å². The fourth-order valence-electron chi connectivity index (χ4n) is 3.06. The smallest absolute Gasteiger partial charge is 0.00440 e. The highest BCUT2D eigenvalue weighted by atomic mass is 15.1. The third-order valence-corrected chi connectivity index (χ3v) is 4.04. The summed E-state index contributed by atoms with van der Waals surface area (Å²) in [6.07, 6.45) is 5.63. The van der Waals surface area contributed by atoms with Crippen molar-refractivity contribution in [3.63, 3.8) is 0 Å². The van der Waals surface area contributed by atoms with Crippen LogP contribution in [-0.2, 0) is 0 Å². The van der Waals surface area contributed by atoms with Gasteiger partial charge in [-0.25, -0.2) is 0 Å². The number of nitrogens with zero attached hydrogens (tertiary/aromatic N) is 1. The van der Waals surface area contributed by atoms with Crippen molar-refractivity contribution in [1.82, 2.24) is 10.2 Å². The van der Waals surface area contributed by atoms with Gasteiger partial charge in [0.25, 0.3) is 0 Å². The van der Waals surface area contributed by atoms with Crippen molar-refractivity contribution in [3.8, 4) is 0 Å². The highest BCUT2D eigenvalue weighted by molar-refractivity contribution is 4.88. The Bertz CT molecular complexity index is 203. The molecule has 0 spiro atoms. The van der Waals surface area contributed by atoms with Gasteiger partial charge in [0.1, 0.15) is 0 Å². The van der Waals surface area contributed by atoms with Gasteiger partial charge in [0, 0.05) is 13.1 Å². The Balaban J connectivity index is 2.47. The number of rotatable bonds is 6. The van der Waals surface area contributed by atoms with Crippen LogP contribution >= 0.6 is 0 Å². The van der Waals surface area contributed by atoms with Crippen LogP contribution in [0.4, 0.5) is 0 Å². The molecule has 1 aliphatic carbocycles. The second-order valence-corrected chi connectivity index (χ2v) is 6.95. The van der Waals surface area contributed by atoms with Crippen molar-refractivity contribution < 1.29 is 0 Å². The van der Waals surface area contributed by atoms with Crippen LogP contribution in [0.3, 0.4) is 0 Å². The van der Waals surface area contributed by atoms with Gasteiger partial charge in [-0.05, 0) is 50.7 Å². The minimum absolute atomic E-state index is 0.533. The summed E-state index contributed by atoms with van der Waals surface area (Å²) in [5.74, 6) is 1.70. The fourth-order valence-corrected chi connectivity index (χ4v) is 3.06. The SMILES string of the molecule is CC(C)CNCC1(CN(C)C)CCC(C)CC1. The van der Waals surface area contributed by atoms with E-state index < -0.39 is 0 Å². The van der Waals surface area contributed by atoms with Gasteiger partial charge >= 0.3 is 0 Å². The molecule has 0 amide bonds. The molecule has 0 aliphatic heterocycles. The molecule has 0 radical (unpaired) electrons. The maximum Gasteiger partial charge on any atom is 0.00440 e. The van der Waals surface area contributed by atoms with Gasteiger partial charge in [-0.3, -0.25) is 0 Å². The summed E-state index contributed by atoms with van der Waals surface area (Å²) in [4.78, 5) is 2.37. The summed E-state index contributed by atoms with van der Waals surface area (Å²) in [6.45, 7) is 10.6. The molecule has 102 valence electrons. The van der Waals surface area contributed by atoms with Gasteiger partial charge in [-0.15, -0.1) is 0 Å². The molecule has 0 atom stereocenters. The molecule has 0 heterocycles. The molecule has 0 aromatic rings. The van der Waals surface area contributed by atoms with Crippen molar-refractivity contribution in [2.45, 2.75) is 46.5 Å². The van der Waals surface area contributed by atoms with E-state index in [9.17, 15) is 0 Å². The molecule has 2 heteroatoms. The quantitative estimate of drug-likeness (QED) is 0.768. The molecule has 0 aromatic carbocycles. The lowest BCUT2D eigenvalue weighted by atomic mass is 9.70.